The number of nitrogens with one attached hydrogen (secondary N) is 1. The molecule has 0 bridgehead atoms. The average Bonchev–Trinajstić information content (AvgIpc) is 2.01. The highest BCUT2D eigenvalue weighted by molar-refractivity contribution is 5.79. The van der Waals surface area contributed by atoms with Crippen LogP contribution in [0.25, 0.3) is 0 Å². The van der Waals surface area contributed by atoms with Crippen molar-refractivity contribution in [2.75, 3.05) is 6.54 Å². The quantitative estimate of drug-likeness (QED) is 0.622. The maximum absolute atomic E-state index is 10.9. The van der Waals surface area contributed by atoms with Crippen LogP contribution in [0.15, 0.2) is 12.7 Å². The second-order valence-corrected chi connectivity index (χ2v) is 3.46. The largest absolute Gasteiger partial charge is 0.481 e. The zero-order valence-corrected chi connectivity index (χ0v) is 7.96. The van der Waals surface area contributed by atoms with Crippen molar-refractivity contribution in [3.05, 3.63) is 12.7 Å². The molecule has 0 saturated carbocycles. The fraction of sp³-hybridized carbons (Fsp3) is 0.556. The maximum Gasteiger partial charge on any atom is 0.310 e. The summed E-state index contributed by atoms with van der Waals surface area (Å²) >= 11 is 0. The summed E-state index contributed by atoms with van der Waals surface area (Å²) in [4.78, 5) is 21.6. The van der Waals surface area contributed by atoms with Gasteiger partial charge in [-0.1, -0.05) is 6.08 Å². The summed E-state index contributed by atoms with van der Waals surface area (Å²) < 4.78 is 0. The van der Waals surface area contributed by atoms with E-state index in [-0.39, 0.29) is 18.9 Å². The molecular weight excluding hydrogens is 170 g/mol. The molecule has 0 aliphatic rings. The van der Waals surface area contributed by atoms with Crippen LogP contribution in [0, 0.1) is 5.41 Å². The van der Waals surface area contributed by atoms with Gasteiger partial charge >= 0.3 is 5.97 Å². The molecule has 0 fully saturated rings. The molecule has 0 heterocycles. The van der Waals surface area contributed by atoms with Crippen molar-refractivity contribution in [2.45, 2.75) is 20.3 Å². The van der Waals surface area contributed by atoms with E-state index >= 15 is 0 Å². The number of carboxylic acids is 1. The number of amides is 1. The Morgan fingerprint density at radius 1 is 1.54 bits per heavy atom. The minimum atomic E-state index is -0.925. The van der Waals surface area contributed by atoms with Gasteiger partial charge in [0.15, 0.2) is 0 Å². The SMILES string of the molecule is C=CCC(=O)NCC(C)(C)C(=O)O. The summed E-state index contributed by atoms with van der Waals surface area (Å²) in [7, 11) is 0. The van der Waals surface area contributed by atoms with Gasteiger partial charge in [0.05, 0.1) is 5.41 Å². The van der Waals surface area contributed by atoms with Gasteiger partial charge in [0.1, 0.15) is 0 Å². The third-order valence-corrected chi connectivity index (χ3v) is 1.64. The first-order chi connectivity index (χ1) is 5.90. The Bertz CT molecular complexity index is 221. The molecule has 0 aromatic heterocycles. The number of hydrogen-bond acceptors (Lipinski definition) is 2. The minimum Gasteiger partial charge on any atom is -0.481 e. The summed E-state index contributed by atoms with van der Waals surface area (Å²) in [6.45, 7) is 6.66. The first-order valence-electron chi connectivity index (χ1n) is 4.01. The highest BCUT2D eigenvalue weighted by Crippen LogP contribution is 2.12. The summed E-state index contributed by atoms with van der Waals surface area (Å²) in [5.41, 5.74) is -0.920. The third-order valence-electron chi connectivity index (χ3n) is 1.64. The van der Waals surface area contributed by atoms with Gasteiger partial charge in [-0.25, -0.2) is 0 Å². The van der Waals surface area contributed by atoms with E-state index in [0.717, 1.165) is 0 Å². The van der Waals surface area contributed by atoms with E-state index in [9.17, 15) is 9.59 Å². The van der Waals surface area contributed by atoms with Gasteiger partial charge in [0.25, 0.3) is 0 Å². The number of carbonyl (C=O) groups is 2. The zero-order chi connectivity index (χ0) is 10.5. The van der Waals surface area contributed by atoms with Gasteiger partial charge in [0, 0.05) is 13.0 Å². The predicted molar refractivity (Wildman–Crippen MR) is 49.2 cm³/mol. The van der Waals surface area contributed by atoms with Gasteiger partial charge in [-0.2, -0.15) is 0 Å². The van der Waals surface area contributed by atoms with Crippen LogP contribution in [0.4, 0.5) is 0 Å². The number of carbonyl (C=O) groups excluding carboxylic acids is 1. The molecule has 0 radical (unpaired) electrons. The van der Waals surface area contributed by atoms with Gasteiger partial charge in [-0.3, -0.25) is 9.59 Å². The minimum absolute atomic E-state index is 0.134. The topological polar surface area (TPSA) is 66.4 Å². The second kappa shape index (κ2) is 4.64. The fourth-order valence-corrected chi connectivity index (χ4v) is 0.598. The van der Waals surface area contributed by atoms with E-state index in [2.05, 4.69) is 11.9 Å². The molecule has 0 aromatic rings. The van der Waals surface area contributed by atoms with Crippen LogP contribution in [0.2, 0.25) is 0 Å². The summed E-state index contributed by atoms with van der Waals surface area (Å²) in [6, 6.07) is 0. The lowest BCUT2D eigenvalue weighted by Gasteiger charge is -2.19. The fourth-order valence-electron chi connectivity index (χ4n) is 0.598. The van der Waals surface area contributed by atoms with Crippen molar-refractivity contribution >= 4 is 11.9 Å². The van der Waals surface area contributed by atoms with Gasteiger partial charge in [-0.15, -0.1) is 6.58 Å². The van der Waals surface area contributed by atoms with Crippen LogP contribution in [0.3, 0.4) is 0 Å². The van der Waals surface area contributed by atoms with E-state index < -0.39 is 11.4 Å². The molecule has 0 rings (SSSR count). The predicted octanol–water partition coefficient (Wildman–Crippen LogP) is 0.790. The van der Waals surface area contributed by atoms with Crippen LogP contribution < -0.4 is 5.32 Å². The standard InChI is InChI=1S/C9H15NO3/c1-4-5-7(11)10-6-9(2,3)8(12)13/h4H,1,5-6H2,2-3H3,(H,10,11)(H,12,13). The normalized spacial score (nSPS) is 10.6. The Morgan fingerprint density at radius 2 is 2.08 bits per heavy atom. The summed E-state index contributed by atoms with van der Waals surface area (Å²) in [5.74, 6) is -1.13. The highest BCUT2D eigenvalue weighted by atomic mass is 16.4. The van der Waals surface area contributed by atoms with Gasteiger partial charge < -0.3 is 10.4 Å². The van der Waals surface area contributed by atoms with Crippen molar-refractivity contribution in [1.82, 2.24) is 5.32 Å². The number of aliphatic carboxylic acids is 1. The lowest BCUT2D eigenvalue weighted by Crippen LogP contribution is -2.38. The van der Waals surface area contributed by atoms with Crippen LogP contribution in [-0.4, -0.2) is 23.5 Å². The van der Waals surface area contributed by atoms with Crippen molar-refractivity contribution in [3.63, 3.8) is 0 Å². The van der Waals surface area contributed by atoms with Crippen molar-refractivity contribution in [3.8, 4) is 0 Å². The molecule has 0 aromatic carbocycles. The summed E-state index contributed by atoms with van der Waals surface area (Å²) in [6.07, 6.45) is 1.69. The molecule has 4 nitrogen and oxygen atoms in total. The molecule has 4 heteroatoms. The zero-order valence-electron chi connectivity index (χ0n) is 7.96. The Labute approximate surface area is 77.6 Å². The maximum atomic E-state index is 10.9. The molecule has 13 heavy (non-hydrogen) atoms. The first kappa shape index (κ1) is 11.7. The molecule has 2 N–H and O–H groups in total. The number of carboxylic acid groups (broad SMARTS) is 1. The molecule has 1 amide bonds. The molecule has 0 unspecified atom stereocenters. The molecular formula is C9H15NO3. The molecule has 0 saturated heterocycles. The molecule has 74 valence electrons. The molecule has 0 spiro atoms. The van der Waals surface area contributed by atoms with E-state index in [1.54, 1.807) is 13.8 Å². The van der Waals surface area contributed by atoms with E-state index in [4.69, 9.17) is 5.11 Å². The molecule has 0 aliphatic carbocycles. The summed E-state index contributed by atoms with van der Waals surface area (Å²) in [5, 5.41) is 11.2. The second-order valence-electron chi connectivity index (χ2n) is 3.46. The number of hydrogen-bond donors (Lipinski definition) is 2. The van der Waals surface area contributed by atoms with Crippen LogP contribution in [0.1, 0.15) is 20.3 Å². The Morgan fingerprint density at radius 3 is 2.46 bits per heavy atom. The van der Waals surface area contributed by atoms with Crippen molar-refractivity contribution < 1.29 is 14.7 Å². The third kappa shape index (κ3) is 4.30. The van der Waals surface area contributed by atoms with Crippen molar-refractivity contribution in [2.24, 2.45) is 5.41 Å². The van der Waals surface area contributed by atoms with E-state index in [1.807, 2.05) is 0 Å². The average molecular weight is 185 g/mol. The lowest BCUT2D eigenvalue weighted by atomic mass is 9.94. The van der Waals surface area contributed by atoms with Crippen molar-refractivity contribution in [1.29, 1.82) is 0 Å². The molecule has 0 atom stereocenters. The smallest absolute Gasteiger partial charge is 0.310 e. The first-order valence-corrected chi connectivity index (χ1v) is 4.01. The Hall–Kier alpha value is -1.32. The Kier molecular flexibility index (Phi) is 4.17. The monoisotopic (exact) mass is 185 g/mol. The van der Waals surface area contributed by atoms with E-state index in [1.165, 1.54) is 6.08 Å². The molecule has 0 aliphatic heterocycles. The Balaban J connectivity index is 3.94. The van der Waals surface area contributed by atoms with Gasteiger partial charge in [-0.05, 0) is 13.8 Å². The van der Waals surface area contributed by atoms with Crippen LogP contribution in [-0.2, 0) is 9.59 Å². The lowest BCUT2D eigenvalue weighted by molar-refractivity contribution is -0.146. The van der Waals surface area contributed by atoms with Crippen LogP contribution in [0.5, 0.6) is 0 Å². The van der Waals surface area contributed by atoms with Crippen LogP contribution >= 0.6 is 0 Å². The highest BCUT2D eigenvalue weighted by Gasteiger charge is 2.27. The van der Waals surface area contributed by atoms with E-state index in [0.29, 0.717) is 0 Å². The number of rotatable bonds is 5. The van der Waals surface area contributed by atoms with Gasteiger partial charge in [0.2, 0.25) is 5.91 Å².